The molecule has 72 valence electrons. The quantitative estimate of drug-likeness (QED) is 0.656. The SMILES string of the molecule is CCC(C)NCC1(CN)CCC1. The summed E-state index contributed by atoms with van der Waals surface area (Å²) in [6, 6.07) is 0.647. The number of hydrogen-bond donors (Lipinski definition) is 2. The Hall–Kier alpha value is -0.0800. The van der Waals surface area contributed by atoms with E-state index in [9.17, 15) is 0 Å². The van der Waals surface area contributed by atoms with E-state index in [4.69, 9.17) is 5.73 Å². The normalized spacial score (nSPS) is 23.2. The first-order valence-corrected chi connectivity index (χ1v) is 5.16. The van der Waals surface area contributed by atoms with E-state index in [1.807, 2.05) is 0 Å². The summed E-state index contributed by atoms with van der Waals surface area (Å²) in [6.45, 7) is 6.44. The summed E-state index contributed by atoms with van der Waals surface area (Å²) in [4.78, 5) is 0. The van der Waals surface area contributed by atoms with Crippen molar-refractivity contribution < 1.29 is 0 Å². The predicted molar refractivity (Wildman–Crippen MR) is 53.1 cm³/mol. The van der Waals surface area contributed by atoms with Crippen LogP contribution >= 0.6 is 0 Å². The molecule has 0 aromatic rings. The van der Waals surface area contributed by atoms with Gasteiger partial charge in [-0.2, -0.15) is 0 Å². The minimum absolute atomic E-state index is 0.462. The first kappa shape index (κ1) is 10.0. The molecule has 0 aromatic heterocycles. The third kappa shape index (κ3) is 2.20. The molecule has 1 saturated carbocycles. The van der Waals surface area contributed by atoms with Gasteiger partial charge in [0.05, 0.1) is 0 Å². The molecule has 0 amide bonds. The van der Waals surface area contributed by atoms with Crippen LogP contribution in [0.2, 0.25) is 0 Å². The van der Waals surface area contributed by atoms with Gasteiger partial charge >= 0.3 is 0 Å². The standard InChI is InChI=1S/C10H22N2/c1-3-9(2)12-8-10(7-11)5-4-6-10/h9,12H,3-8,11H2,1-2H3. The second kappa shape index (κ2) is 4.24. The molecule has 12 heavy (non-hydrogen) atoms. The van der Waals surface area contributed by atoms with Gasteiger partial charge in [0.15, 0.2) is 0 Å². The van der Waals surface area contributed by atoms with Crippen molar-refractivity contribution in [2.24, 2.45) is 11.1 Å². The van der Waals surface area contributed by atoms with Gasteiger partial charge in [-0.3, -0.25) is 0 Å². The molecule has 2 heteroatoms. The largest absolute Gasteiger partial charge is 0.330 e. The van der Waals surface area contributed by atoms with Crippen LogP contribution in [0.4, 0.5) is 0 Å². The molecule has 2 nitrogen and oxygen atoms in total. The van der Waals surface area contributed by atoms with E-state index in [-0.39, 0.29) is 0 Å². The average Bonchev–Trinajstić information content (AvgIpc) is 2.03. The molecule has 1 unspecified atom stereocenters. The molecular formula is C10H22N2. The van der Waals surface area contributed by atoms with Crippen molar-refractivity contribution in [3.05, 3.63) is 0 Å². The third-order valence-corrected chi connectivity index (χ3v) is 3.29. The monoisotopic (exact) mass is 170 g/mol. The van der Waals surface area contributed by atoms with Crippen molar-refractivity contribution in [1.29, 1.82) is 0 Å². The molecule has 1 rings (SSSR count). The Bertz CT molecular complexity index is 124. The van der Waals surface area contributed by atoms with Crippen LogP contribution < -0.4 is 11.1 Å². The summed E-state index contributed by atoms with van der Waals surface area (Å²) in [5.74, 6) is 0. The van der Waals surface area contributed by atoms with Crippen LogP contribution in [0.1, 0.15) is 39.5 Å². The van der Waals surface area contributed by atoms with E-state index in [0.717, 1.165) is 13.1 Å². The molecule has 1 aliphatic rings. The Morgan fingerprint density at radius 2 is 2.17 bits per heavy atom. The zero-order valence-electron chi connectivity index (χ0n) is 8.40. The fourth-order valence-electron chi connectivity index (χ4n) is 1.66. The lowest BCUT2D eigenvalue weighted by Crippen LogP contribution is -2.47. The summed E-state index contributed by atoms with van der Waals surface area (Å²) >= 11 is 0. The Kier molecular flexibility index (Phi) is 3.53. The molecule has 1 fully saturated rings. The first-order chi connectivity index (χ1) is 5.72. The second-order valence-electron chi connectivity index (χ2n) is 4.25. The molecule has 1 aliphatic carbocycles. The average molecular weight is 170 g/mol. The van der Waals surface area contributed by atoms with Gasteiger partial charge in [0.25, 0.3) is 0 Å². The van der Waals surface area contributed by atoms with E-state index < -0.39 is 0 Å². The number of hydrogen-bond acceptors (Lipinski definition) is 2. The van der Waals surface area contributed by atoms with Crippen LogP contribution in [0, 0.1) is 5.41 Å². The maximum atomic E-state index is 5.76. The summed E-state index contributed by atoms with van der Waals surface area (Å²) in [7, 11) is 0. The Morgan fingerprint density at radius 3 is 2.50 bits per heavy atom. The van der Waals surface area contributed by atoms with E-state index in [2.05, 4.69) is 19.2 Å². The summed E-state index contributed by atoms with van der Waals surface area (Å²) in [5, 5.41) is 3.55. The maximum absolute atomic E-state index is 5.76. The molecule has 0 radical (unpaired) electrons. The van der Waals surface area contributed by atoms with Crippen LogP contribution in [0.5, 0.6) is 0 Å². The van der Waals surface area contributed by atoms with Gasteiger partial charge in [-0.05, 0) is 38.1 Å². The highest BCUT2D eigenvalue weighted by molar-refractivity contribution is 4.90. The smallest absolute Gasteiger partial charge is 0.00363 e. The molecule has 3 N–H and O–H groups in total. The lowest BCUT2D eigenvalue weighted by Gasteiger charge is -2.41. The van der Waals surface area contributed by atoms with Gasteiger partial charge in [0, 0.05) is 12.6 Å². The molecule has 0 saturated heterocycles. The van der Waals surface area contributed by atoms with Gasteiger partial charge in [-0.25, -0.2) is 0 Å². The Balaban J connectivity index is 2.20. The molecule has 0 heterocycles. The summed E-state index contributed by atoms with van der Waals surface area (Å²) in [6.07, 6.45) is 5.24. The highest BCUT2D eigenvalue weighted by Crippen LogP contribution is 2.39. The van der Waals surface area contributed by atoms with Crippen molar-refractivity contribution in [3.63, 3.8) is 0 Å². The second-order valence-corrected chi connectivity index (χ2v) is 4.25. The van der Waals surface area contributed by atoms with E-state index in [1.165, 1.54) is 25.7 Å². The van der Waals surface area contributed by atoms with Crippen molar-refractivity contribution in [2.45, 2.75) is 45.6 Å². The predicted octanol–water partition coefficient (Wildman–Crippen LogP) is 1.50. The highest BCUT2D eigenvalue weighted by Gasteiger charge is 2.35. The van der Waals surface area contributed by atoms with Crippen molar-refractivity contribution in [2.75, 3.05) is 13.1 Å². The topological polar surface area (TPSA) is 38.0 Å². The minimum Gasteiger partial charge on any atom is -0.330 e. The molecule has 0 aromatic carbocycles. The summed E-state index contributed by atoms with van der Waals surface area (Å²) < 4.78 is 0. The fourth-order valence-corrected chi connectivity index (χ4v) is 1.66. The minimum atomic E-state index is 0.462. The lowest BCUT2D eigenvalue weighted by atomic mass is 9.69. The first-order valence-electron chi connectivity index (χ1n) is 5.16. The van der Waals surface area contributed by atoms with Gasteiger partial charge in [0.2, 0.25) is 0 Å². The van der Waals surface area contributed by atoms with Crippen LogP contribution in [0.25, 0.3) is 0 Å². The van der Waals surface area contributed by atoms with Gasteiger partial charge in [-0.15, -0.1) is 0 Å². The van der Waals surface area contributed by atoms with Crippen molar-refractivity contribution in [3.8, 4) is 0 Å². The van der Waals surface area contributed by atoms with Crippen LogP contribution in [-0.2, 0) is 0 Å². The van der Waals surface area contributed by atoms with Gasteiger partial charge < -0.3 is 11.1 Å². The van der Waals surface area contributed by atoms with Gasteiger partial charge in [-0.1, -0.05) is 13.3 Å². The van der Waals surface area contributed by atoms with Crippen molar-refractivity contribution in [1.82, 2.24) is 5.32 Å². The van der Waals surface area contributed by atoms with Crippen LogP contribution in [-0.4, -0.2) is 19.1 Å². The lowest BCUT2D eigenvalue weighted by molar-refractivity contribution is 0.136. The molecule has 0 aliphatic heterocycles. The molecule has 1 atom stereocenters. The molecule has 0 spiro atoms. The Labute approximate surface area is 75.9 Å². The highest BCUT2D eigenvalue weighted by atomic mass is 14.9. The van der Waals surface area contributed by atoms with Crippen LogP contribution in [0.3, 0.4) is 0 Å². The third-order valence-electron chi connectivity index (χ3n) is 3.29. The van der Waals surface area contributed by atoms with Gasteiger partial charge in [0.1, 0.15) is 0 Å². The fraction of sp³-hybridized carbons (Fsp3) is 1.00. The zero-order chi connectivity index (χ0) is 9.03. The van der Waals surface area contributed by atoms with Crippen LogP contribution in [0.15, 0.2) is 0 Å². The molecular weight excluding hydrogens is 148 g/mol. The van der Waals surface area contributed by atoms with E-state index in [1.54, 1.807) is 0 Å². The Morgan fingerprint density at radius 1 is 1.50 bits per heavy atom. The number of nitrogens with two attached hydrogens (primary N) is 1. The number of nitrogens with one attached hydrogen (secondary N) is 1. The van der Waals surface area contributed by atoms with E-state index in [0.29, 0.717) is 11.5 Å². The maximum Gasteiger partial charge on any atom is 0.00363 e. The zero-order valence-corrected chi connectivity index (χ0v) is 8.40. The van der Waals surface area contributed by atoms with E-state index >= 15 is 0 Å². The summed E-state index contributed by atoms with van der Waals surface area (Å²) in [5.41, 5.74) is 6.22. The number of rotatable bonds is 5. The molecule has 0 bridgehead atoms. The van der Waals surface area contributed by atoms with Crippen molar-refractivity contribution >= 4 is 0 Å².